The topological polar surface area (TPSA) is 44.8 Å². The fraction of sp³-hybridized carbons (Fsp3) is 0.462. The molecule has 0 aliphatic carbocycles. The van der Waals surface area contributed by atoms with Crippen molar-refractivity contribution in [3.63, 3.8) is 0 Å². The lowest BCUT2D eigenvalue weighted by Crippen LogP contribution is -2.26. The second kappa shape index (κ2) is 7.81. The highest BCUT2D eigenvalue weighted by Crippen LogP contribution is 2.04. The summed E-state index contributed by atoms with van der Waals surface area (Å²) in [5, 5.41) is 0. The number of rotatable bonds is 7. The number of ether oxygens (including phenoxy) is 3. The van der Waals surface area contributed by atoms with Crippen LogP contribution in [-0.2, 0) is 25.6 Å². The molecule has 1 rings (SSSR count). The Kier molecular flexibility index (Phi) is 6.29. The van der Waals surface area contributed by atoms with Gasteiger partial charge in [0.25, 0.3) is 0 Å². The van der Waals surface area contributed by atoms with Crippen LogP contribution < -0.4 is 0 Å². The van der Waals surface area contributed by atoms with Crippen molar-refractivity contribution in [3.8, 4) is 0 Å². The summed E-state index contributed by atoms with van der Waals surface area (Å²) in [5.74, 6) is -0.311. The van der Waals surface area contributed by atoms with Crippen LogP contribution in [0.5, 0.6) is 0 Å². The molecule has 0 bridgehead atoms. The number of hydrogen-bond donors (Lipinski definition) is 0. The van der Waals surface area contributed by atoms with Crippen LogP contribution in [0.1, 0.15) is 12.5 Å². The van der Waals surface area contributed by atoms with E-state index in [1.54, 1.807) is 7.11 Å². The number of carbonyl (C=O) groups is 1. The average molecular weight is 238 g/mol. The van der Waals surface area contributed by atoms with Crippen molar-refractivity contribution >= 4 is 5.97 Å². The zero-order valence-corrected chi connectivity index (χ0v) is 10.2. The highest BCUT2D eigenvalue weighted by atomic mass is 16.6. The zero-order chi connectivity index (χ0) is 12.5. The fourth-order valence-electron chi connectivity index (χ4n) is 1.33. The highest BCUT2D eigenvalue weighted by molar-refractivity contribution is 5.65. The maximum Gasteiger partial charge on any atom is 0.302 e. The normalized spacial score (nSPS) is 12.1. The molecule has 0 N–H and O–H groups in total. The lowest BCUT2D eigenvalue weighted by Gasteiger charge is -2.16. The van der Waals surface area contributed by atoms with E-state index in [1.807, 2.05) is 30.3 Å². The highest BCUT2D eigenvalue weighted by Gasteiger charge is 2.10. The molecule has 1 unspecified atom stereocenters. The lowest BCUT2D eigenvalue weighted by molar-refractivity contribution is -0.147. The van der Waals surface area contributed by atoms with E-state index in [4.69, 9.17) is 14.2 Å². The Balaban J connectivity index is 2.36. The molecule has 4 heteroatoms. The van der Waals surface area contributed by atoms with Crippen LogP contribution >= 0.6 is 0 Å². The molecule has 0 saturated heterocycles. The van der Waals surface area contributed by atoms with Gasteiger partial charge in [0.15, 0.2) is 0 Å². The number of carbonyl (C=O) groups excluding carboxylic acids is 1. The van der Waals surface area contributed by atoms with Crippen LogP contribution in [0.25, 0.3) is 0 Å². The summed E-state index contributed by atoms with van der Waals surface area (Å²) in [6, 6.07) is 9.83. The molecule has 17 heavy (non-hydrogen) atoms. The van der Waals surface area contributed by atoms with Gasteiger partial charge in [-0.3, -0.25) is 4.79 Å². The van der Waals surface area contributed by atoms with Crippen molar-refractivity contribution < 1.29 is 19.0 Å². The van der Waals surface area contributed by atoms with Crippen LogP contribution in [0.2, 0.25) is 0 Å². The summed E-state index contributed by atoms with van der Waals surface area (Å²) >= 11 is 0. The monoisotopic (exact) mass is 238 g/mol. The van der Waals surface area contributed by atoms with E-state index in [2.05, 4.69) is 0 Å². The molecule has 0 aliphatic rings. The standard InChI is InChI=1S/C13H18O4/c1-11(14)16-10-13(9-15-2)17-8-12-6-4-3-5-7-12/h3-7,13H,8-10H2,1-2H3. The first kappa shape index (κ1) is 13.7. The summed E-state index contributed by atoms with van der Waals surface area (Å²) in [6.07, 6.45) is -0.232. The molecule has 4 nitrogen and oxygen atoms in total. The van der Waals surface area contributed by atoms with Crippen molar-refractivity contribution in [2.24, 2.45) is 0 Å². The largest absolute Gasteiger partial charge is 0.463 e. The van der Waals surface area contributed by atoms with Gasteiger partial charge in [0, 0.05) is 14.0 Å². The minimum atomic E-state index is -0.311. The number of methoxy groups -OCH3 is 1. The third-order valence-electron chi connectivity index (χ3n) is 2.15. The van der Waals surface area contributed by atoms with Gasteiger partial charge in [-0.05, 0) is 5.56 Å². The van der Waals surface area contributed by atoms with Crippen molar-refractivity contribution in [2.75, 3.05) is 20.3 Å². The third-order valence-corrected chi connectivity index (χ3v) is 2.15. The van der Waals surface area contributed by atoms with Crippen LogP contribution in [0.4, 0.5) is 0 Å². The van der Waals surface area contributed by atoms with Gasteiger partial charge in [-0.25, -0.2) is 0 Å². The molecule has 0 radical (unpaired) electrons. The Hall–Kier alpha value is -1.39. The second-order valence-corrected chi connectivity index (χ2v) is 3.68. The van der Waals surface area contributed by atoms with Gasteiger partial charge in [-0.2, -0.15) is 0 Å². The third kappa shape index (κ3) is 6.04. The summed E-state index contributed by atoms with van der Waals surface area (Å²) in [6.45, 7) is 2.48. The fourth-order valence-corrected chi connectivity index (χ4v) is 1.33. The Morgan fingerprint density at radius 3 is 2.53 bits per heavy atom. The Morgan fingerprint density at radius 2 is 1.94 bits per heavy atom. The van der Waals surface area contributed by atoms with Crippen LogP contribution in [0.3, 0.4) is 0 Å². The first-order chi connectivity index (χ1) is 8.22. The molecule has 0 amide bonds. The first-order valence-corrected chi connectivity index (χ1v) is 5.50. The van der Waals surface area contributed by atoms with Gasteiger partial charge in [0.1, 0.15) is 12.7 Å². The molecule has 1 aromatic rings. The van der Waals surface area contributed by atoms with E-state index in [-0.39, 0.29) is 18.7 Å². The van der Waals surface area contributed by atoms with Crippen molar-refractivity contribution in [2.45, 2.75) is 19.6 Å². The molecule has 0 spiro atoms. The molecule has 0 heterocycles. The van der Waals surface area contributed by atoms with Gasteiger partial charge >= 0.3 is 5.97 Å². The summed E-state index contributed by atoms with van der Waals surface area (Å²) in [7, 11) is 1.59. The number of hydrogen-bond acceptors (Lipinski definition) is 4. The van der Waals surface area contributed by atoms with Crippen molar-refractivity contribution in [1.82, 2.24) is 0 Å². The molecule has 0 fully saturated rings. The summed E-state index contributed by atoms with van der Waals surface area (Å²) in [5.41, 5.74) is 1.08. The number of esters is 1. The summed E-state index contributed by atoms with van der Waals surface area (Å²) < 4.78 is 15.5. The van der Waals surface area contributed by atoms with Crippen molar-refractivity contribution in [1.29, 1.82) is 0 Å². The van der Waals surface area contributed by atoms with E-state index in [1.165, 1.54) is 6.92 Å². The second-order valence-electron chi connectivity index (χ2n) is 3.68. The predicted octanol–water partition coefficient (Wildman–Crippen LogP) is 1.78. The van der Waals surface area contributed by atoms with Gasteiger partial charge in [0.05, 0.1) is 13.2 Å². The molecule has 1 atom stereocenters. The summed E-state index contributed by atoms with van der Waals surface area (Å²) in [4.78, 5) is 10.7. The number of benzene rings is 1. The Bertz CT molecular complexity index is 323. The minimum absolute atomic E-state index is 0.218. The van der Waals surface area contributed by atoms with E-state index in [9.17, 15) is 4.79 Å². The molecular weight excluding hydrogens is 220 g/mol. The first-order valence-electron chi connectivity index (χ1n) is 5.50. The maximum atomic E-state index is 10.7. The van der Waals surface area contributed by atoms with E-state index < -0.39 is 0 Å². The van der Waals surface area contributed by atoms with E-state index >= 15 is 0 Å². The molecule has 94 valence electrons. The molecular formula is C13H18O4. The van der Waals surface area contributed by atoms with Gasteiger partial charge in [-0.15, -0.1) is 0 Å². The van der Waals surface area contributed by atoms with E-state index in [0.717, 1.165) is 5.56 Å². The Labute approximate surface area is 101 Å². The molecule has 0 aromatic heterocycles. The zero-order valence-electron chi connectivity index (χ0n) is 10.2. The molecule has 0 aliphatic heterocycles. The quantitative estimate of drug-likeness (QED) is 0.679. The molecule has 1 aromatic carbocycles. The minimum Gasteiger partial charge on any atom is -0.463 e. The van der Waals surface area contributed by atoms with Crippen molar-refractivity contribution in [3.05, 3.63) is 35.9 Å². The molecule has 0 saturated carbocycles. The van der Waals surface area contributed by atoms with E-state index in [0.29, 0.717) is 13.2 Å². The van der Waals surface area contributed by atoms with Gasteiger partial charge in [0.2, 0.25) is 0 Å². The van der Waals surface area contributed by atoms with Crippen LogP contribution in [-0.4, -0.2) is 32.4 Å². The van der Waals surface area contributed by atoms with Gasteiger partial charge in [-0.1, -0.05) is 30.3 Å². The Morgan fingerprint density at radius 1 is 1.24 bits per heavy atom. The van der Waals surface area contributed by atoms with Gasteiger partial charge < -0.3 is 14.2 Å². The smallest absolute Gasteiger partial charge is 0.302 e. The SMILES string of the molecule is COCC(COC(C)=O)OCc1ccccc1. The predicted molar refractivity (Wildman–Crippen MR) is 63.5 cm³/mol. The van der Waals surface area contributed by atoms with Crippen LogP contribution in [0, 0.1) is 0 Å². The average Bonchev–Trinajstić information content (AvgIpc) is 2.34. The van der Waals surface area contributed by atoms with Crippen LogP contribution in [0.15, 0.2) is 30.3 Å². The lowest BCUT2D eigenvalue weighted by atomic mass is 10.2. The maximum absolute atomic E-state index is 10.7.